The summed E-state index contributed by atoms with van der Waals surface area (Å²) in [5.41, 5.74) is 10.4. The number of aromatic nitrogens is 1. The van der Waals surface area contributed by atoms with Crippen molar-refractivity contribution in [3.05, 3.63) is 96.2 Å². The Hall–Kier alpha value is -4.23. The molecule has 4 aromatic rings. The Bertz CT molecular complexity index is 1380. The number of nitrogens with zero attached hydrogens (tertiary/aromatic N) is 3. The van der Waals surface area contributed by atoms with Crippen LogP contribution < -0.4 is 11.1 Å². The number of hydrogen-bond acceptors (Lipinski definition) is 4. The second-order valence-corrected chi connectivity index (χ2v) is 8.71. The van der Waals surface area contributed by atoms with E-state index in [0.717, 1.165) is 47.4 Å². The van der Waals surface area contributed by atoms with Crippen LogP contribution in [0.3, 0.4) is 0 Å². The average molecular weight is 466 g/mol. The van der Waals surface area contributed by atoms with Crippen LogP contribution in [0.25, 0.3) is 22.0 Å². The molecule has 1 fully saturated rings. The first-order chi connectivity index (χ1) is 17.0. The summed E-state index contributed by atoms with van der Waals surface area (Å²) in [6, 6.07) is 26.9. The molecule has 3 amide bonds. The zero-order valence-electron chi connectivity index (χ0n) is 19.4. The molecule has 0 spiro atoms. The van der Waals surface area contributed by atoms with E-state index in [9.17, 15) is 9.59 Å². The van der Waals surface area contributed by atoms with E-state index in [-0.39, 0.29) is 6.03 Å². The Morgan fingerprint density at radius 3 is 2.37 bits per heavy atom. The van der Waals surface area contributed by atoms with Crippen LogP contribution in [0.2, 0.25) is 0 Å². The molecule has 1 aliphatic rings. The Morgan fingerprint density at radius 2 is 1.57 bits per heavy atom. The Balaban J connectivity index is 1.18. The number of anilines is 1. The van der Waals surface area contributed by atoms with Gasteiger partial charge in [0, 0.05) is 49.4 Å². The van der Waals surface area contributed by atoms with Crippen molar-refractivity contribution in [2.75, 3.05) is 31.5 Å². The van der Waals surface area contributed by atoms with E-state index < -0.39 is 5.91 Å². The lowest BCUT2D eigenvalue weighted by Gasteiger charge is -2.34. The Labute approximate surface area is 204 Å². The summed E-state index contributed by atoms with van der Waals surface area (Å²) in [7, 11) is 0. The molecule has 0 bridgehead atoms. The summed E-state index contributed by atoms with van der Waals surface area (Å²) in [6.07, 6.45) is 0. The molecule has 35 heavy (non-hydrogen) atoms. The van der Waals surface area contributed by atoms with Crippen molar-refractivity contribution in [2.45, 2.75) is 6.54 Å². The average Bonchev–Trinajstić information content (AvgIpc) is 2.89. The summed E-state index contributed by atoms with van der Waals surface area (Å²) < 4.78 is 0. The molecule has 1 saturated heterocycles. The fraction of sp³-hybridized carbons (Fsp3) is 0.179. The highest BCUT2D eigenvalue weighted by atomic mass is 16.2. The van der Waals surface area contributed by atoms with Gasteiger partial charge in [-0.15, -0.1) is 0 Å². The van der Waals surface area contributed by atoms with Gasteiger partial charge in [-0.1, -0.05) is 48.5 Å². The van der Waals surface area contributed by atoms with Crippen LogP contribution in [0.15, 0.2) is 84.9 Å². The number of primary amides is 1. The molecular formula is C28H27N5O2. The van der Waals surface area contributed by atoms with Crippen molar-refractivity contribution in [1.29, 1.82) is 0 Å². The van der Waals surface area contributed by atoms with Gasteiger partial charge in [0.2, 0.25) is 5.91 Å². The Kier molecular flexibility index (Phi) is 6.41. The van der Waals surface area contributed by atoms with Gasteiger partial charge in [0.05, 0.1) is 11.2 Å². The van der Waals surface area contributed by atoms with Crippen molar-refractivity contribution < 1.29 is 9.59 Å². The molecular weight excluding hydrogens is 438 g/mol. The summed E-state index contributed by atoms with van der Waals surface area (Å²) >= 11 is 0. The summed E-state index contributed by atoms with van der Waals surface area (Å²) in [5.74, 6) is -0.466. The van der Waals surface area contributed by atoms with Crippen LogP contribution >= 0.6 is 0 Å². The fourth-order valence-corrected chi connectivity index (χ4v) is 4.37. The van der Waals surface area contributed by atoms with Crippen LogP contribution in [0.5, 0.6) is 0 Å². The number of hydrogen-bond donors (Lipinski definition) is 2. The van der Waals surface area contributed by atoms with Gasteiger partial charge < -0.3 is 16.0 Å². The van der Waals surface area contributed by atoms with Crippen molar-refractivity contribution in [1.82, 2.24) is 14.8 Å². The number of nitrogens with two attached hydrogens (primary N) is 1. The molecule has 7 heteroatoms. The summed E-state index contributed by atoms with van der Waals surface area (Å²) in [6.45, 7) is 3.66. The second-order valence-electron chi connectivity index (χ2n) is 8.71. The molecule has 1 aliphatic heterocycles. The predicted molar refractivity (Wildman–Crippen MR) is 138 cm³/mol. The van der Waals surface area contributed by atoms with E-state index in [2.05, 4.69) is 28.4 Å². The first kappa shape index (κ1) is 22.6. The van der Waals surface area contributed by atoms with Gasteiger partial charge in [0.1, 0.15) is 0 Å². The molecule has 176 valence electrons. The van der Waals surface area contributed by atoms with E-state index in [1.54, 1.807) is 18.2 Å². The van der Waals surface area contributed by atoms with Crippen molar-refractivity contribution in [3.63, 3.8) is 0 Å². The van der Waals surface area contributed by atoms with Crippen molar-refractivity contribution in [2.24, 2.45) is 5.73 Å². The molecule has 0 unspecified atom stereocenters. The third kappa shape index (κ3) is 5.31. The lowest BCUT2D eigenvalue weighted by atomic mass is 10.0. The minimum Gasteiger partial charge on any atom is -0.366 e. The molecule has 2 heterocycles. The van der Waals surface area contributed by atoms with Crippen molar-refractivity contribution >= 4 is 28.5 Å². The third-order valence-electron chi connectivity index (χ3n) is 6.30. The largest absolute Gasteiger partial charge is 0.366 e. The van der Waals surface area contributed by atoms with Gasteiger partial charge >= 0.3 is 6.03 Å². The SMILES string of the molecule is NC(=O)c1cccc(-c2cccc(NC(=O)N3CCN(Cc4ccc5ccccc5n4)CC3)c2)c1. The number of fused-ring (bicyclic) bond motifs is 1. The number of carbonyl (C=O) groups excluding carboxylic acids is 2. The summed E-state index contributed by atoms with van der Waals surface area (Å²) in [5, 5.41) is 4.15. The molecule has 7 nitrogen and oxygen atoms in total. The number of pyridine rings is 1. The molecule has 5 rings (SSSR count). The first-order valence-corrected chi connectivity index (χ1v) is 11.7. The maximum absolute atomic E-state index is 12.9. The van der Waals surface area contributed by atoms with E-state index in [0.29, 0.717) is 24.3 Å². The van der Waals surface area contributed by atoms with Gasteiger partial charge in [-0.25, -0.2) is 4.79 Å². The van der Waals surface area contributed by atoms with Crippen LogP contribution in [0.1, 0.15) is 16.1 Å². The molecule has 0 aliphatic carbocycles. The minimum absolute atomic E-state index is 0.114. The van der Waals surface area contributed by atoms with E-state index in [4.69, 9.17) is 10.7 Å². The fourth-order valence-electron chi connectivity index (χ4n) is 4.37. The predicted octanol–water partition coefficient (Wildman–Crippen LogP) is 4.35. The molecule has 3 N–H and O–H groups in total. The quantitative estimate of drug-likeness (QED) is 0.458. The third-order valence-corrected chi connectivity index (χ3v) is 6.30. The highest BCUT2D eigenvalue weighted by molar-refractivity contribution is 5.94. The second kappa shape index (κ2) is 9.95. The van der Waals surface area contributed by atoms with Crippen LogP contribution in [-0.2, 0) is 6.54 Å². The van der Waals surface area contributed by atoms with Gasteiger partial charge in [0.15, 0.2) is 0 Å². The number of benzene rings is 3. The molecule has 1 aromatic heterocycles. The monoisotopic (exact) mass is 465 g/mol. The zero-order chi connectivity index (χ0) is 24.2. The lowest BCUT2D eigenvalue weighted by Crippen LogP contribution is -2.49. The van der Waals surface area contributed by atoms with Gasteiger partial charge in [0.25, 0.3) is 0 Å². The van der Waals surface area contributed by atoms with Gasteiger partial charge in [-0.05, 0) is 47.5 Å². The topological polar surface area (TPSA) is 91.6 Å². The smallest absolute Gasteiger partial charge is 0.321 e. The van der Waals surface area contributed by atoms with Crippen molar-refractivity contribution in [3.8, 4) is 11.1 Å². The molecule has 3 aromatic carbocycles. The standard InChI is InChI=1S/C28H27N5O2/c29-27(34)23-8-3-6-21(17-23)22-7-4-9-24(18-22)31-28(35)33-15-13-32(14-16-33)19-25-12-11-20-5-1-2-10-26(20)30-25/h1-12,17-18H,13-16,19H2,(H2,29,34)(H,31,35). The number of urea groups is 1. The highest BCUT2D eigenvalue weighted by Gasteiger charge is 2.21. The summed E-state index contributed by atoms with van der Waals surface area (Å²) in [4.78, 5) is 33.3. The normalized spacial score (nSPS) is 14.1. The number of amides is 3. The van der Waals surface area contributed by atoms with E-state index in [1.807, 2.05) is 53.4 Å². The lowest BCUT2D eigenvalue weighted by molar-refractivity contribution is 0.1000. The van der Waals surface area contributed by atoms with E-state index in [1.165, 1.54) is 0 Å². The van der Waals surface area contributed by atoms with Crippen LogP contribution in [0.4, 0.5) is 10.5 Å². The maximum Gasteiger partial charge on any atom is 0.321 e. The number of para-hydroxylation sites is 1. The molecule has 0 radical (unpaired) electrons. The number of piperazine rings is 1. The number of rotatable bonds is 5. The van der Waals surface area contributed by atoms with Gasteiger partial charge in [-0.3, -0.25) is 14.7 Å². The molecule has 0 atom stereocenters. The zero-order valence-corrected chi connectivity index (χ0v) is 19.4. The number of nitrogens with one attached hydrogen (secondary N) is 1. The van der Waals surface area contributed by atoms with Gasteiger partial charge in [-0.2, -0.15) is 0 Å². The maximum atomic E-state index is 12.9. The molecule has 0 saturated carbocycles. The Morgan fingerprint density at radius 1 is 0.829 bits per heavy atom. The number of carbonyl (C=O) groups is 2. The highest BCUT2D eigenvalue weighted by Crippen LogP contribution is 2.24. The van der Waals surface area contributed by atoms with Crippen LogP contribution in [0, 0.1) is 0 Å². The van der Waals surface area contributed by atoms with E-state index >= 15 is 0 Å². The first-order valence-electron chi connectivity index (χ1n) is 11.7. The minimum atomic E-state index is -0.466. The van der Waals surface area contributed by atoms with Crippen LogP contribution in [-0.4, -0.2) is 52.9 Å².